The Morgan fingerprint density at radius 1 is 1.43 bits per heavy atom. The summed E-state index contributed by atoms with van der Waals surface area (Å²) in [6, 6.07) is 8.25. The fourth-order valence-corrected chi connectivity index (χ4v) is 2.23. The molecule has 1 fully saturated rings. The molecule has 0 aliphatic carbocycles. The van der Waals surface area contributed by atoms with Gasteiger partial charge < -0.3 is 5.11 Å². The molecule has 14 heavy (non-hydrogen) atoms. The molecule has 76 valence electrons. The lowest BCUT2D eigenvalue weighted by atomic mass is 10.2. The van der Waals surface area contributed by atoms with Crippen molar-refractivity contribution in [3.63, 3.8) is 0 Å². The molecule has 1 atom stereocenters. The summed E-state index contributed by atoms with van der Waals surface area (Å²) in [4.78, 5) is 2.28. The van der Waals surface area contributed by atoms with E-state index >= 15 is 0 Å². The molecule has 2 rings (SSSR count). The van der Waals surface area contributed by atoms with Crippen LogP contribution >= 0.6 is 15.9 Å². The Balaban J connectivity index is 2.01. The van der Waals surface area contributed by atoms with Gasteiger partial charge in [-0.05, 0) is 18.1 Å². The minimum Gasteiger partial charge on any atom is -0.392 e. The minimum absolute atomic E-state index is 0.127. The standard InChI is InChI=1S/C11H14BrNO/c12-11-4-2-1-3-9(11)7-13-6-5-10(14)8-13/h1-4,10,14H,5-8H2. The Hall–Kier alpha value is -0.380. The average molecular weight is 256 g/mol. The zero-order valence-corrected chi connectivity index (χ0v) is 9.57. The van der Waals surface area contributed by atoms with E-state index in [9.17, 15) is 5.11 Å². The van der Waals surface area contributed by atoms with Gasteiger partial charge in [-0.3, -0.25) is 4.90 Å². The Labute approximate surface area is 92.7 Å². The zero-order chi connectivity index (χ0) is 9.97. The number of rotatable bonds is 2. The van der Waals surface area contributed by atoms with Gasteiger partial charge in [-0.1, -0.05) is 34.1 Å². The quantitative estimate of drug-likeness (QED) is 0.875. The van der Waals surface area contributed by atoms with E-state index in [1.54, 1.807) is 0 Å². The lowest BCUT2D eigenvalue weighted by Crippen LogP contribution is -2.21. The van der Waals surface area contributed by atoms with E-state index in [-0.39, 0.29) is 6.10 Å². The normalized spacial score (nSPS) is 22.9. The summed E-state index contributed by atoms with van der Waals surface area (Å²) in [6.07, 6.45) is 0.780. The summed E-state index contributed by atoms with van der Waals surface area (Å²) < 4.78 is 1.15. The molecule has 0 spiro atoms. The molecule has 2 nitrogen and oxygen atoms in total. The lowest BCUT2D eigenvalue weighted by molar-refractivity contribution is 0.174. The van der Waals surface area contributed by atoms with Gasteiger partial charge in [0.15, 0.2) is 0 Å². The SMILES string of the molecule is OC1CCN(Cc2ccccc2Br)C1. The number of nitrogens with zero attached hydrogens (tertiary/aromatic N) is 1. The van der Waals surface area contributed by atoms with Crippen LogP contribution in [0.3, 0.4) is 0 Å². The van der Waals surface area contributed by atoms with Gasteiger partial charge in [0.05, 0.1) is 6.10 Å². The van der Waals surface area contributed by atoms with Crippen LogP contribution in [-0.2, 0) is 6.54 Å². The molecule has 1 aromatic carbocycles. The highest BCUT2D eigenvalue weighted by Gasteiger charge is 2.20. The number of halogens is 1. The molecule has 1 aromatic rings. The second-order valence-electron chi connectivity index (χ2n) is 3.77. The number of hydrogen-bond donors (Lipinski definition) is 1. The van der Waals surface area contributed by atoms with Gasteiger partial charge in [0.1, 0.15) is 0 Å². The summed E-state index contributed by atoms with van der Waals surface area (Å²) in [7, 11) is 0. The van der Waals surface area contributed by atoms with E-state index in [0.29, 0.717) is 0 Å². The van der Waals surface area contributed by atoms with Gasteiger partial charge in [0.25, 0.3) is 0 Å². The Morgan fingerprint density at radius 3 is 2.86 bits per heavy atom. The van der Waals surface area contributed by atoms with Crippen molar-refractivity contribution in [2.75, 3.05) is 13.1 Å². The molecule has 1 heterocycles. The van der Waals surface area contributed by atoms with E-state index in [1.807, 2.05) is 12.1 Å². The van der Waals surface area contributed by atoms with Crippen LogP contribution in [0.15, 0.2) is 28.7 Å². The van der Waals surface area contributed by atoms with Crippen molar-refractivity contribution in [3.05, 3.63) is 34.3 Å². The summed E-state index contributed by atoms with van der Waals surface area (Å²) in [6.45, 7) is 2.74. The monoisotopic (exact) mass is 255 g/mol. The van der Waals surface area contributed by atoms with Crippen molar-refractivity contribution in [1.82, 2.24) is 4.90 Å². The second-order valence-corrected chi connectivity index (χ2v) is 4.62. The van der Waals surface area contributed by atoms with Crippen LogP contribution in [0.5, 0.6) is 0 Å². The highest BCUT2D eigenvalue weighted by molar-refractivity contribution is 9.10. The van der Waals surface area contributed by atoms with Crippen LogP contribution in [0.25, 0.3) is 0 Å². The Bertz CT molecular complexity index is 316. The molecule has 1 saturated heterocycles. The van der Waals surface area contributed by atoms with Crippen molar-refractivity contribution in [2.45, 2.75) is 19.1 Å². The van der Waals surface area contributed by atoms with Crippen LogP contribution in [0.1, 0.15) is 12.0 Å². The predicted molar refractivity (Wildman–Crippen MR) is 60.0 cm³/mol. The zero-order valence-electron chi connectivity index (χ0n) is 7.99. The summed E-state index contributed by atoms with van der Waals surface area (Å²) in [5.74, 6) is 0. The number of hydrogen-bond acceptors (Lipinski definition) is 2. The first kappa shape index (κ1) is 10.1. The molecule has 0 aromatic heterocycles. The van der Waals surface area contributed by atoms with Crippen molar-refractivity contribution >= 4 is 15.9 Å². The van der Waals surface area contributed by atoms with Crippen molar-refractivity contribution in [2.24, 2.45) is 0 Å². The number of aliphatic hydroxyl groups is 1. The molecule has 1 aliphatic rings. The van der Waals surface area contributed by atoms with Crippen LogP contribution < -0.4 is 0 Å². The molecule has 0 bridgehead atoms. The van der Waals surface area contributed by atoms with E-state index in [0.717, 1.165) is 30.5 Å². The van der Waals surface area contributed by atoms with Gasteiger partial charge in [-0.25, -0.2) is 0 Å². The topological polar surface area (TPSA) is 23.5 Å². The molecule has 3 heteroatoms. The van der Waals surface area contributed by atoms with Crippen molar-refractivity contribution < 1.29 is 5.11 Å². The molecular formula is C11H14BrNO. The van der Waals surface area contributed by atoms with E-state index in [4.69, 9.17) is 0 Å². The van der Waals surface area contributed by atoms with E-state index < -0.39 is 0 Å². The maximum Gasteiger partial charge on any atom is 0.0679 e. The molecule has 1 N–H and O–H groups in total. The van der Waals surface area contributed by atoms with Gasteiger partial charge in [-0.15, -0.1) is 0 Å². The molecule has 0 radical (unpaired) electrons. The average Bonchev–Trinajstić information content (AvgIpc) is 2.56. The molecule has 0 saturated carbocycles. The predicted octanol–water partition coefficient (Wildman–Crippen LogP) is 2.02. The fourth-order valence-electron chi connectivity index (χ4n) is 1.82. The van der Waals surface area contributed by atoms with Crippen LogP contribution in [0.2, 0.25) is 0 Å². The fraction of sp³-hybridized carbons (Fsp3) is 0.455. The van der Waals surface area contributed by atoms with Gasteiger partial charge in [0.2, 0.25) is 0 Å². The van der Waals surface area contributed by atoms with Crippen molar-refractivity contribution in [1.29, 1.82) is 0 Å². The second kappa shape index (κ2) is 4.43. The van der Waals surface area contributed by atoms with Gasteiger partial charge >= 0.3 is 0 Å². The smallest absolute Gasteiger partial charge is 0.0679 e. The lowest BCUT2D eigenvalue weighted by Gasteiger charge is -2.15. The number of β-amino-alcohol motifs (C(OH)–C–C–N with tert-alkyl or cyclic N) is 1. The van der Waals surface area contributed by atoms with Crippen LogP contribution in [0.4, 0.5) is 0 Å². The third-order valence-corrected chi connectivity index (χ3v) is 3.37. The Kier molecular flexibility index (Phi) is 3.21. The first-order valence-corrected chi connectivity index (χ1v) is 5.69. The summed E-state index contributed by atoms with van der Waals surface area (Å²) in [5.41, 5.74) is 1.29. The van der Waals surface area contributed by atoms with Crippen LogP contribution in [-0.4, -0.2) is 29.2 Å². The van der Waals surface area contributed by atoms with Gasteiger partial charge in [0, 0.05) is 24.1 Å². The minimum atomic E-state index is -0.127. The maximum atomic E-state index is 9.39. The third-order valence-electron chi connectivity index (χ3n) is 2.60. The number of benzene rings is 1. The molecular weight excluding hydrogens is 242 g/mol. The largest absolute Gasteiger partial charge is 0.392 e. The molecule has 1 aliphatic heterocycles. The van der Waals surface area contributed by atoms with E-state index in [2.05, 4.69) is 33.0 Å². The molecule has 0 amide bonds. The summed E-state index contributed by atoms with van der Waals surface area (Å²) in [5, 5.41) is 9.39. The van der Waals surface area contributed by atoms with Crippen LogP contribution in [0, 0.1) is 0 Å². The third kappa shape index (κ3) is 2.35. The highest BCUT2D eigenvalue weighted by atomic mass is 79.9. The van der Waals surface area contributed by atoms with E-state index in [1.165, 1.54) is 5.56 Å². The highest BCUT2D eigenvalue weighted by Crippen LogP contribution is 2.20. The number of likely N-dealkylation sites (tertiary alicyclic amines) is 1. The first-order chi connectivity index (χ1) is 6.75. The summed E-state index contributed by atoms with van der Waals surface area (Å²) >= 11 is 3.53. The van der Waals surface area contributed by atoms with Crippen molar-refractivity contribution in [3.8, 4) is 0 Å². The van der Waals surface area contributed by atoms with Gasteiger partial charge in [-0.2, -0.15) is 0 Å². The number of aliphatic hydroxyl groups excluding tert-OH is 1. The first-order valence-electron chi connectivity index (χ1n) is 4.89. The molecule has 1 unspecified atom stereocenters. The maximum absolute atomic E-state index is 9.39. The Morgan fingerprint density at radius 2 is 2.21 bits per heavy atom.